The maximum Gasteiger partial charge on any atom is 0.337 e. The number of anilines is 2. The number of likely N-dealkylation sites (N-methyl/N-ethyl adjacent to an activating group) is 2. The molecule has 110 valence electrons. The molecule has 5 heteroatoms. The molecule has 1 fully saturated rings. The number of carboxylic acids is 1. The maximum absolute atomic E-state index is 11.3. The molecule has 1 heterocycles. The first-order chi connectivity index (χ1) is 9.52. The van der Waals surface area contributed by atoms with Crippen LogP contribution < -0.4 is 10.6 Å². The van der Waals surface area contributed by atoms with Crippen molar-refractivity contribution in [1.29, 1.82) is 0 Å². The van der Waals surface area contributed by atoms with E-state index in [4.69, 9.17) is 5.73 Å². The SMILES string of the molecule is CCN1CCCC1CN(C)c1ccc(N)cc1C(=O)O. The lowest BCUT2D eigenvalue weighted by Gasteiger charge is -2.29. The largest absolute Gasteiger partial charge is 0.478 e. The zero-order valence-corrected chi connectivity index (χ0v) is 12.2. The first-order valence-corrected chi connectivity index (χ1v) is 7.11. The average molecular weight is 277 g/mol. The average Bonchev–Trinajstić information content (AvgIpc) is 2.85. The molecule has 5 nitrogen and oxygen atoms in total. The molecular weight excluding hydrogens is 254 g/mol. The predicted octanol–water partition coefficient (Wildman–Crippen LogP) is 1.89. The van der Waals surface area contributed by atoms with Gasteiger partial charge in [0.05, 0.1) is 11.3 Å². The van der Waals surface area contributed by atoms with Gasteiger partial charge in [0.15, 0.2) is 0 Å². The number of hydrogen-bond donors (Lipinski definition) is 2. The summed E-state index contributed by atoms with van der Waals surface area (Å²) in [5, 5.41) is 9.31. The van der Waals surface area contributed by atoms with E-state index in [0.29, 0.717) is 11.7 Å². The van der Waals surface area contributed by atoms with Gasteiger partial charge in [-0.3, -0.25) is 4.90 Å². The van der Waals surface area contributed by atoms with Crippen molar-refractivity contribution in [2.45, 2.75) is 25.8 Å². The quantitative estimate of drug-likeness (QED) is 0.804. The van der Waals surface area contributed by atoms with Crippen LogP contribution in [0.15, 0.2) is 18.2 Å². The Morgan fingerprint density at radius 1 is 1.55 bits per heavy atom. The number of nitrogen functional groups attached to an aromatic ring is 1. The highest BCUT2D eigenvalue weighted by Gasteiger charge is 2.25. The summed E-state index contributed by atoms with van der Waals surface area (Å²) in [5.74, 6) is -0.932. The standard InChI is InChI=1S/C15H23N3O2/c1-3-18-8-4-5-12(18)10-17(2)14-7-6-11(16)9-13(14)15(19)20/h6-7,9,12H,3-5,8,10,16H2,1-2H3,(H,19,20). The van der Waals surface area contributed by atoms with Gasteiger partial charge in [0, 0.05) is 25.3 Å². The van der Waals surface area contributed by atoms with Crippen LogP contribution >= 0.6 is 0 Å². The highest BCUT2D eigenvalue weighted by atomic mass is 16.4. The maximum atomic E-state index is 11.3. The van der Waals surface area contributed by atoms with E-state index in [2.05, 4.69) is 11.8 Å². The smallest absolute Gasteiger partial charge is 0.337 e. The van der Waals surface area contributed by atoms with Crippen LogP contribution in [-0.4, -0.2) is 48.7 Å². The van der Waals surface area contributed by atoms with Gasteiger partial charge in [-0.25, -0.2) is 4.79 Å². The van der Waals surface area contributed by atoms with Gasteiger partial charge < -0.3 is 15.7 Å². The van der Waals surface area contributed by atoms with Crippen LogP contribution in [0.3, 0.4) is 0 Å². The van der Waals surface area contributed by atoms with Crippen molar-refractivity contribution < 1.29 is 9.90 Å². The summed E-state index contributed by atoms with van der Waals surface area (Å²) in [4.78, 5) is 15.8. The monoisotopic (exact) mass is 277 g/mol. The van der Waals surface area contributed by atoms with Gasteiger partial charge in [-0.1, -0.05) is 6.92 Å². The molecule has 1 saturated heterocycles. The molecule has 3 N–H and O–H groups in total. The number of likely N-dealkylation sites (tertiary alicyclic amines) is 1. The van der Waals surface area contributed by atoms with Gasteiger partial charge >= 0.3 is 5.97 Å². The van der Waals surface area contributed by atoms with Gasteiger partial charge in [-0.15, -0.1) is 0 Å². The van der Waals surface area contributed by atoms with E-state index in [1.165, 1.54) is 18.9 Å². The lowest BCUT2D eigenvalue weighted by Crippen LogP contribution is -2.39. The van der Waals surface area contributed by atoms with E-state index in [9.17, 15) is 9.90 Å². The van der Waals surface area contributed by atoms with Crippen LogP contribution in [0.5, 0.6) is 0 Å². The fourth-order valence-corrected chi connectivity index (χ4v) is 2.99. The van der Waals surface area contributed by atoms with Crippen molar-refractivity contribution in [3.63, 3.8) is 0 Å². The van der Waals surface area contributed by atoms with Gasteiger partial charge in [0.2, 0.25) is 0 Å². The predicted molar refractivity (Wildman–Crippen MR) is 81.4 cm³/mol. The normalized spacial score (nSPS) is 19.2. The summed E-state index contributed by atoms with van der Waals surface area (Å²) >= 11 is 0. The minimum Gasteiger partial charge on any atom is -0.478 e. The fraction of sp³-hybridized carbons (Fsp3) is 0.533. The molecule has 0 spiro atoms. The van der Waals surface area contributed by atoms with Crippen LogP contribution in [0.25, 0.3) is 0 Å². The van der Waals surface area contributed by atoms with E-state index in [1.54, 1.807) is 12.1 Å². The van der Waals surface area contributed by atoms with Crippen LogP contribution in [-0.2, 0) is 0 Å². The third-order valence-corrected chi connectivity index (χ3v) is 4.05. The molecular formula is C15H23N3O2. The summed E-state index contributed by atoms with van der Waals surface area (Å²) in [6.45, 7) is 5.21. The third kappa shape index (κ3) is 3.04. The Morgan fingerprint density at radius 3 is 2.95 bits per heavy atom. The van der Waals surface area contributed by atoms with Crippen molar-refractivity contribution >= 4 is 17.3 Å². The molecule has 1 aromatic rings. The molecule has 1 unspecified atom stereocenters. The lowest BCUT2D eigenvalue weighted by atomic mass is 10.1. The Bertz CT molecular complexity index is 490. The van der Waals surface area contributed by atoms with Crippen molar-refractivity contribution in [3.8, 4) is 0 Å². The fourth-order valence-electron chi connectivity index (χ4n) is 2.99. The summed E-state index contributed by atoms with van der Waals surface area (Å²) in [7, 11) is 1.95. The van der Waals surface area contributed by atoms with Crippen LogP contribution in [0.1, 0.15) is 30.1 Å². The Kier molecular flexibility index (Phi) is 4.49. The topological polar surface area (TPSA) is 69.8 Å². The zero-order chi connectivity index (χ0) is 14.7. The third-order valence-electron chi connectivity index (χ3n) is 4.05. The van der Waals surface area contributed by atoms with Crippen molar-refractivity contribution in [1.82, 2.24) is 4.90 Å². The molecule has 0 saturated carbocycles. The Hall–Kier alpha value is -1.75. The second-order valence-electron chi connectivity index (χ2n) is 5.39. The van der Waals surface area contributed by atoms with Crippen LogP contribution in [0.4, 0.5) is 11.4 Å². The van der Waals surface area contributed by atoms with E-state index in [-0.39, 0.29) is 5.56 Å². The summed E-state index contributed by atoms with van der Waals surface area (Å²) in [6, 6.07) is 5.58. The summed E-state index contributed by atoms with van der Waals surface area (Å²) in [6.07, 6.45) is 2.40. The van der Waals surface area contributed by atoms with Gasteiger partial charge in [0.1, 0.15) is 0 Å². The van der Waals surface area contributed by atoms with Crippen molar-refractivity contribution in [3.05, 3.63) is 23.8 Å². The molecule has 0 amide bonds. The van der Waals surface area contributed by atoms with Gasteiger partial charge in [-0.05, 0) is 44.1 Å². The molecule has 0 bridgehead atoms. The lowest BCUT2D eigenvalue weighted by molar-refractivity contribution is 0.0697. The molecule has 20 heavy (non-hydrogen) atoms. The van der Waals surface area contributed by atoms with E-state index in [1.807, 2.05) is 11.9 Å². The second kappa shape index (κ2) is 6.13. The zero-order valence-electron chi connectivity index (χ0n) is 12.2. The number of aromatic carboxylic acids is 1. The molecule has 2 rings (SSSR count). The molecule has 0 aromatic heterocycles. The summed E-state index contributed by atoms with van der Waals surface area (Å²) < 4.78 is 0. The summed E-state index contributed by atoms with van der Waals surface area (Å²) in [5.41, 5.74) is 7.17. The number of carbonyl (C=O) groups is 1. The molecule has 0 radical (unpaired) electrons. The molecule has 0 aliphatic carbocycles. The molecule has 1 aliphatic heterocycles. The Labute approximate surface area is 120 Å². The molecule has 1 aliphatic rings. The number of hydrogen-bond acceptors (Lipinski definition) is 4. The number of benzene rings is 1. The van der Waals surface area contributed by atoms with Crippen LogP contribution in [0.2, 0.25) is 0 Å². The number of carboxylic acid groups (broad SMARTS) is 1. The van der Waals surface area contributed by atoms with Gasteiger partial charge in [0.25, 0.3) is 0 Å². The highest BCUT2D eigenvalue weighted by molar-refractivity contribution is 5.95. The van der Waals surface area contributed by atoms with Crippen molar-refractivity contribution in [2.24, 2.45) is 0 Å². The first kappa shape index (κ1) is 14.7. The van der Waals surface area contributed by atoms with E-state index < -0.39 is 5.97 Å². The van der Waals surface area contributed by atoms with E-state index in [0.717, 1.165) is 25.3 Å². The molecule has 1 atom stereocenters. The highest BCUT2D eigenvalue weighted by Crippen LogP contribution is 2.25. The number of nitrogens with two attached hydrogens (primary N) is 1. The van der Waals surface area contributed by atoms with Gasteiger partial charge in [-0.2, -0.15) is 0 Å². The number of nitrogens with zero attached hydrogens (tertiary/aromatic N) is 2. The minimum atomic E-state index is -0.932. The minimum absolute atomic E-state index is 0.272. The Balaban J connectivity index is 2.16. The van der Waals surface area contributed by atoms with Crippen LogP contribution in [0, 0.1) is 0 Å². The molecule has 1 aromatic carbocycles. The van der Waals surface area contributed by atoms with E-state index >= 15 is 0 Å². The second-order valence-corrected chi connectivity index (χ2v) is 5.39. The Morgan fingerprint density at radius 2 is 2.30 bits per heavy atom. The first-order valence-electron chi connectivity index (χ1n) is 7.11. The van der Waals surface area contributed by atoms with Crippen molar-refractivity contribution in [2.75, 3.05) is 37.3 Å². The number of rotatable bonds is 5.